The maximum Gasteiger partial charge on any atom is 0.249 e. The van der Waals surface area contributed by atoms with Crippen LogP contribution in [-0.4, -0.2) is 35.5 Å². The van der Waals surface area contributed by atoms with E-state index < -0.39 is 0 Å². The molecule has 1 aromatic carbocycles. The minimum Gasteiger partial charge on any atom is -0.443 e. The fourth-order valence-corrected chi connectivity index (χ4v) is 3.00. The van der Waals surface area contributed by atoms with E-state index in [0.29, 0.717) is 31.2 Å². The Morgan fingerprint density at radius 1 is 1.50 bits per heavy atom. The van der Waals surface area contributed by atoms with Gasteiger partial charge in [-0.1, -0.05) is 12.1 Å². The lowest BCUT2D eigenvalue weighted by atomic mass is 10.1. The van der Waals surface area contributed by atoms with Gasteiger partial charge in [0, 0.05) is 19.6 Å². The molecule has 0 radical (unpaired) electrons. The number of halogens is 1. The number of nitrogens with zero attached hydrogens (tertiary/aromatic N) is 2. The van der Waals surface area contributed by atoms with Crippen LogP contribution in [-0.2, 0) is 16.0 Å². The number of amides is 1. The van der Waals surface area contributed by atoms with Gasteiger partial charge >= 0.3 is 0 Å². The lowest BCUT2D eigenvalue weighted by Crippen LogP contribution is -2.33. The van der Waals surface area contributed by atoms with Crippen LogP contribution in [0.4, 0.5) is 4.39 Å². The van der Waals surface area contributed by atoms with Crippen molar-refractivity contribution in [1.82, 2.24) is 9.88 Å². The van der Waals surface area contributed by atoms with Gasteiger partial charge in [0.1, 0.15) is 24.2 Å². The standard InChI is InChI=1S/C18H21FN2O3/c1-2-23-12-17(22)21-8-4-7-16(21)18-20-11-15(24-18)10-13-5-3-6-14(19)9-13/h3,5-6,9,11,16H,2,4,7-8,10,12H2,1H3/t16-/m0/s1. The van der Waals surface area contributed by atoms with Gasteiger partial charge in [-0.2, -0.15) is 0 Å². The largest absolute Gasteiger partial charge is 0.443 e. The number of carbonyl (C=O) groups is 1. The molecule has 24 heavy (non-hydrogen) atoms. The van der Waals surface area contributed by atoms with Crippen molar-refractivity contribution in [2.45, 2.75) is 32.2 Å². The molecule has 0 N–H and O–H groups in total. The Morgan fingerprint density at radius 2 is 2.38 bits per heavy atom. The van der Waals surface area contributed by atoms with Crippen LogP contribution in [0.3, 0.4) is 0 Å². The van der Waals surface area contributed by atoms with Crippen LogP contribution in [0.5, 0.6) is 0 Å². The maximum atomic E-state index is 13.3. The van der Waals surface area contributed by atoms with Crippen LogP contribution >= 0.6 is 0 Å². The second kappa shape index (κ2) is 7.57. The summed E-state index contributed by atoms with van der Waals surface area (Å²) in [6.07, 6.45) is 3.88. The van der Waals surface area contributed by atoms with Crippen LogP contribution in [0.25, 0.3) is 0 Å². The zero-order chi connectivity index (χ0) is 16.9. The van der Waals surface area contributed by atoms with Crippen molar-refractivity contribution in [3.05, 3.63) is 53.5 Å². The molecule has 1 amide bonds. The molecule has 2 heterocycles. The Hall–Kier alpha value is -2.21. The first kappa shape index (κ1) is 16.6. The second-order valence-electron chi connectivity index (χ2n) is 5.85. The summed E-state index contributed by atoms with van der Waals surface area (Å²) in [7, 11) is 0. The summed E-state index contributed by atoms with van der Waals surface area (Å²) in [4.78, 5) is 18.3. The molecule has 3 rings (SSSR count). The van der Waals surface area contributed by atoms with Crippen molar-refractivity contribution in [2.75, 3.05) is 19.8 Å². The van der Waals surface area contributed by atoms with Gasteiger partial charge in [0.25, 0.3) is 0 Å². The molecule has 1 aliphatic heterocycles. The number of rotatable bonds is 6. The van der Waals surface area contributed by atoms with Crippen LogP contribution < -0.4 is 0 Å². The van der Waals surface area contributed by atoms with E-state index in [1.165, 1.54) is 12.1 Å². The van der Waals surface area contributed by atoms with Crippen molar-refractivity contribution < 1.29 is 18.3 Å². The smallest absolute Gasteiger partial charge is 0.249 e. The van der Waals surface area contributed by atoms with Crippen molar-refractivity contribution in [3.8, 4) is 0 Å². The van der Waals surface area contributed by atoms with Crippen LogP contribution in [0, 0.1) is 5.82 Å². The van der Waals surface area contributed by atoms with Crippen LogP contribution in [0.1, 0.15) is 43.0 Å². The Kier molecular flexibility index (Phi) is 5.25. The minimum absolute atomic E-state index is 0.0377. The number of hydrogen-bond acceptors (Lipinski definition) is 4. The highest BCUT2D eigenvalue weighted by Gasteiger charge is 2.33. The topological polar surface area (TPSA) is 55.6 Å². The minimum atomic E-state index is -0.268. The lowest BCUT2D eigenvalue weighted by molar-refractivity contribution is -0.137. The van der Waals surface area contributed by atoms with E-state index in [-0.39, 0.29) is 24.4 Å². The predicted molar refractivity (Wildman–Crippen MR) is 85.9 cm³/mol. The Bertz CT molecular complexity index is 701. The van der Waals surface area contributed by atoms with E-state index in [2.05, 4.69) is 4.98 Å². The Labute approximate surface area is 140 Å². The highest BCUT2D eigenvalue weighted by atomic mass is 19.1. The number of benzene rings is 1. The molecule has 5 nitrogen and oxygen atoms in total. The fourth-order valence-electron chi connectivity index (χ4n) is 3.00. The number of carbonyl (C=O) groups excluding carboxylic acids is 1. The molecule has 0 spiro atoms. The van der Waals surface area contributed by atoms with Crippen LogP contribution in [0.2, 0.25) is 0 Å². The number of ether oxygens (including phenoxy) is 1. The number of likely N-dealkylation sites (tertiary alicyclic amines) is 1. The molecule has 0 aliphatic carbocycles. The Balaban J connectivity index is 1.69. The Morgan fingerprint density at radius 3 is 3.17 bits per heavy atom. The van der Waals surface area contributed by atoms with Gasteiger partial charge in [-0.3, -0.25) is 4.79 Å². The monoisotopic (exact) mass is 332 g/mol. The first-order chi connectivity index (χ1) is 11.7. The first-order valence-electron chi connectivity index (χ1n) is 8.23. The predicted octanol–water partition coefficient (Wildman–Crippen LogP) is 3.10. The molecule has 0 saturated carbocycles. The molecule has 6 heteroatoms. The fraction of sp³-hybridized carbons (Fsp3) is 0.444. The van der Waals surface area contributed by atoms with Gasteiger partial charge in [-0.05, 0) is 37.5 Å². The van der Waals surface area contributed by atoms with Gasteiger partial charge in [-0.25, -0.2) is 9.37 Å². The number of oxazole rings is 1. The zero-order valence-electron chi connectivity index (χ0n) is 13.7. The van der Waals surface area contributed by atoms with Crippen molar-refractivity contribution in [3.63, 3.8) is 0 Å². The zero-order valence-corrected chi connectivity index (χ0v) is 13.7. The van der Waals surface area contributed by atoms with Crippen molar-refractivity contribution in [2.24, 2.45) is 0 Å². The van der Waals surface area contributed by atoms with Gasteiger partial charge in [-0.15, -0.1) is 0 Å². The third-order valence-electron chi connectivity index (χ3n) is 4.13. The summed E-state index contributed by atoms with van der Waals surface area (Å²) in [6.45, 7) is 3.16. The summed E-state index contributed by atoms with van der Waals surface area (Å²) in [5.41, 5.74) is 0.827. The third-order valence-corrected chi connectivity index (χ3v) is 4.13. The number of aromatic nitrogens is 1. The van der Waals surface area contributed by atoms with Gasteiger partial charge in [0.05, 0.1) is 6.20 Å². The quantitative estimate of drug-likeness (QED) is 0.816. The highest BCUT2D eigenvalue weighted by Crippen LogP contribution is 2.32. The second-order valence-corrected chi connectivity index (χ2v) is 5.85. The molecule has 1 saturated heterocycles. The van der Waals surface area contributed by atoms with E-state index in [4.69, 9.17) is 9.15 Å². The summed E-state index contributed by atoms with van der Waals surface area (Å²) in [5.74, 6) is 0.906. The molecule has 0 bridgehead atoms. The summed E-state index contributed by atoms with van der Waals surface area (Å²) >= 11 is 0. The molecule has 2 aromatic rings. The molecule has 1 atom stereocenters. The molecule has 1 fully saturated rings. The van der Waals surface area contributed by atoms with E-state index >= 15 is 0 Å². The first-order valence-corrected chi connectivity index (χ1v) is 8.23. The van der Waals surface area contributed by atoms with E-state index in [9.17, 15) is 9.18 Å². The molecule has 1 aromatic heterocycles. The van der Waals surface area contributed by atoms with Gasteiger partial charge < -0.3 is 14.1 Å². The normalized spacial score (nSPS) is 17.4. The van der Waals surface area contributed by atoms with Gasteiger partial charge in [0.2, 0.25) is 11.8 Å². The summed E-state index contributed by atoms with van der Waals surface area (Å²) in [5, 5.41) is 0. The molecule has 1 aliphatic rings. The average molecular weight is 332 g/mol. The maximum absolute atomic E-state index is 13.3. The molecular weight excluding hydrogens is 311 g/mol. The SMILES string of the molecule is CCOCC(=O)N1CCC[C@H]1c1ncc(Cc2cccc(F)c2)o1. The lowest BCUT2D eigenvalue weighted by Gasteiger charge is -2.22. The molecular formula is C18H21FN2O3. The number of hydrogen-bond donors (Lipinski definition) is 0. The van der Waals surface area contributed by atoms with E-state index in [1.807, 2.05) is 13.0 Å². The van der Waals surface area contributed by atoms with Crippen molar-refractivity contribution >= 4 is 5.91 Å². The van der Waals surface area contributed by atoms with Crippen LogP contribution in [0.15, 0.2) is 34.9 Å². The highest BCUT2D eigenvalue weighted by molar-refractivity contribution is 5.78. The molecule has 128 valence electrons. The van der Waals surface area contributed by atoms with Gasteiger partial charge in [0.15, 0.2) is 0 Å². The molecule has 0 unspecified atom stereocenters. The third kappa shape index (κ3) is 3.82. The van der Waals surface area contributed by atoms with E-state index in [0.717, 1.165) is 18.4 Å². The summed E-state index contributed by atoms with van der Waals surface area (Å²) in [6, 6.07) is 6.27. The summed E-state index contributed by atoms with van der Waals surface area (Å²) < 4.78 is 24.3. The average Bonchev–Trinajstić information content (AvgIpc) is 3.21. The van der Waals surface area contributed by atoms with E-state index in [1.54, 1.807) is 17.2 Å². The van der Waals surface area contributed by atoms with Crippen molar-refractivity contribution in [1.29, 1.82) is 0 Å².